The lowest BCUT2D eigenvalue weighted by Crippen LogP contribution is -2.26. The first-order valence-corrected chi connectivity index (χ1v) is 6.13. The molecule has 2 N–H and O–H groups in total. The van der Waals surface area contributed by atoms with Crippen molar-refractivity contribution in [2.75, 3.05) is 13.3 Å². The van der Waals surface area contributed by atoms with Gasteiger partial charge in [0.1, 0.15) is 0 Å². The molecule has 0 aliphatic carbocycles. The molecule has 1 aliphatic heterocycles. The molecular weight excluding hydrogens is 222 g/mol. The van der Waals surface area contributed by atoms with Gasteiger partial charge < -0.3 is 15.2 Å². The summed E-state index contributed by atoms with van der Waals surface area (Å²) in [6, 6.07) is 4.07. The van der Waals surface area contributed by atoms with Crippen molar-refractivity contribution in [2.24, 2.45) is 5.73 Å². The number of ether oxygens (including phenoxy) is 2. The Bertz CT molecular complexity index is 404. The van der Waals surface area contributed by atoms with Crippen LogP contribution in [-0.2, 0) is 0 Å². The van der Waals surface area contributed by atoms with E-state index in [2.05, 4.69) is 20.8 Å². The molecule has 0 unspecified atom stereocenters. The molecule has 0 atom stereocenters. The van der Waals surface area contributed by atoms with E-state index in [0.717, 1.165) is 11.5 Å². The van der Waals surface area contributed by atoms with E-state index in [0.29, 0.717) is 13.3 Å². The minimum absolute atomic E-state index is 0.0401. The van der Waals surface area contributed by atoms with Crippen molar-refractivity contribution in [2.45, 2.75) is 30.4 Å². The highest BCUT2D eigenvalue weighted by atomic mass is 32.2. The lowest BCUT2D eigenvalue weighted by molar-refractivity contribution is 0.174. The fraction of sp³-hybridized carbons (Fsp3) is 0.500. The summed E-state index contributed by atoms with van der Waals surface area (Å²) >= 11 is 1.78. The van der Waals surface area contributed by atoms with Crippen LogP contribution in [0.1, 0.15) is 19.4 Å². The molecule has 0 fully saturated rings. The lowest BCUT2D eigenvalue weighted by Gasteiger charge is -2.22. The van der Waals surface area contributed by atoms with Gasteiger partial charge in [-0.15, -0.1) is 11.8 Å². The largest absolute Gasteiger partial charge is 0.454 e. The summed E-state index contributed by atoms with van der Waals surface area (Å²) in [5, 5.41) is 0. The van der Waals surface area contributed by atoms with Gasteiger partial charge >= 0.3 is 0 Å². The summed E-state index contributed by atoms with van der Waals surface area (Å²) in [6.07, 6.45) is 0. The van der Waals surface area contributed by atoms with Crippen LogP contribution in [0.2, 0.25) is 0 Å². The quantitative estimate of drug-likeness (QED) is 0.823. The number of hydrogen-bond donors (Lipinski definition) is 1. The molecule has 0 aromatic heterocycles. The predicted octanol–water partition coefficient (Wildman–Crippen LogP) is 2.55. The van der Waals surface area contributed by atoms with E-state index in [1.807, 2.05) is 12.1 Å². The Labute approximate surface area is 100 Å². The number of nitrogens with two attached hydrogens (primary N) is 1. The summed E-state index contributed by atoms with van der Waals surface area (Å²) in [4.78, 5) is 1.21. The monoisotopic (exact) mass is 239 g/mol. The molecule has 88 valence electrons. The highest BCUT2D eigenvalue weighted by Gasteiger charge is 2.21. The van der Waals surface area contributed by atoms with E-state index >= 15 is 0 Å². The summed E-state index contributed by atoms with van der Waals surface area (Å²) in [6.45, 7) is 7.33. The Morgan fingerprint density at radius 1 is 1.31 bits per heavy atom. The van der Waals surface area contributed by atoms with Crippen molar-refractivity contribution in [1.82, 2.24) is 0 Å². The maximum absolute atomic E-state index is 5.74. The Balaban J connectivity index is 2.28. The number of thioether (sulfide) groups is 1. The van der Waals surface area contributed by atoms with Gasteiger partial charge in [-0.2, -0.15) is 0 Å². The van der Waals surface area contributed by atoms with Crippen LogP contribution in [0.25, 0.3) is 0 Å². The summed E-state index contributed by atoms with van der Waals surface area (Å²) in [7, 11) is 0. The highest BCUT2D eigenvalue weighted by Crippen LogP contribution is 2.41. The molecule has 1 heterocycles. The van der Waals surface area contributed by atoms with Crippen molar-refractivity contribution < 1.29 is 9.47 Å². The Kier molecular flexibility index (Phi) is 3.04. The zero-order valence-electron chi connectivity index (χ0n) is 9.87. The zero-order valence-corrected chi connectivity index (χ0v) is 10.7. The van der Waals surface area contributed by atoms with Crippen molar-refractivity contribution in [3.05, 3.63) is 17.7 Å². The molecule has 3 nitrogen and oxygen atoms in total. The van der Waals surface area contributed by atoms with E-state index in [1.54, 1.807) is 11.8 Å². The van der Waals surface area contributed by atoms with E-state index in [-0.39, 0.29) is 4.75 Å². The molecule has 2 rings (SSSR count). The lowest BCUT2D eigenvalue weighted by atomic mass is 10.2. The maximum atomic E-state index is 5.74. The van der Waals surface area contributed by atoms with Crippen LogP contribution in [0.5, 0.6) is 11.5 Å². The third kappa shape index (κ3) is 2.28. The van der Waals surface area contributed by atoms with E-state index in [9.17, 15) is 0 Å². The van der Waals surface area contributed by atoms with Gasteiger partial charge in [-0.1, -0.05) is 0 Å². The third-order valence-electron chi connectivity index (χ3n) is 2.55. The second-order valence-electron chi connectivity index (χ2n) is 4.54. The Hall–Kier alpha value is -0.870. The normalized spacial score (nSPS) is 14.2. The van der Waals surface area contributed by atoms with E-state index in [1.165, 1.54) is 10.5 Å². The van der Waals surface area contributed by atoms with Crippen LogP contribution in [-0.4, -0.2) is 18.1 Å². The molecule has 0 spiro atoms. The second kappa shape index (κ2) is 4.18. The summed E-state index contributed by atoms with van der Waals surface area (Å²) in [5.74, 6) is 1.67. The van der Waals surface area contributed by atoms with Gasteiger partial charge in [0.15, 0.2) is 11.5 Å². The molecule has 0 saturated heterocycles. The van der Waals surface area contributed by atoms with Gasteiger partial charge in [-0.25, -0.2) is 0 Å². The fourth-order valence-electron chi connectivity index (χ4n) is 1.47. The number of rotatable bonds is 3. The smallest absolute Gasteiger partial charge is 0.231 e. The first-order valence-electron chi connectivity index (χ1n) is 5.31. The van der Waals surface area contributed by atoms with Gasteiger partial charge in [0.05, 0.1) is 0 Å². The minimum Gasteiger partial charge on any atom is -0.454 e. The predicted molar refractivity (Wildman–Crippen MR) is 66.3 cm³/mol. The molecule has 4 heteroatoms. The SMILES string of the molecule is Cc1cc2c(cc1SC(C)(C)CN)OCO2. The molecular formula is C12H17NO2S. The minimum atomic E-state index is 0.0401. The fourth-order valence-corrected chi connectivity index (χ4v) is 2.54. The molecule has 0 radical (unpaired) electrons. The van der Waals surface area contributed by atoms with Crippen LogP contribution in [0.3, 0.4) is 0 Å². The van der Waals surface area contributed by atoms with Crippen LogP contribution in [0, 0.1) is 6.92 Å². The molecule has 0 amide bonds. The van der Waals surface area contributed by atoms with Gasteiger partial charge in [0, 0.05) is 16.2 Å². The number of hydrogen-bond acceptors (Lipinski definition) is 4. The standard InChI is InChI=1S/C12H17NO2S/c1-8-4-9-10(15-7-14-9)5-11(8)16-12(2,3)6-13/h4-5H,6-7,13H2,1-3H3. The zero-order chi connectivity index (χ0) is 11.8. The molecule has 1 aliphatic rings. The second-order valence-corrected chi connectivity index (χ2v) is 6.29. The van der Waals surface area contributed by atoms with Crippen LogP contribution >= 0.6 is 11.8 Å². The Morgan fingerprint density at radius 2 is 1.94 bits per heavy atom. The molecule has 1 aromatic carbocycles. The van der Waals surface area contributed by atoms with Crippen molar-refractivity contribution in [1.29, 1.82) is 0 Å². The molecule has 1 aromatic rings. The average Bonchev–Trinajstić information content (AvgIpc) is 2.65. The number of benzene rings is 1. The summed E-state index contributed by atoms with van der Waals surface area (Å²) < 4.78 is 10.8. The van der Waals surface area contributed by atoms with Crippen molar-refractivity contribution in [3.8, 4) is 11.5 Å². The van der Waals surface area contributed by atoms with E-state index < -0.39 is 0 Å². The van der Waals surface area contributed by atoms with Crippen LogP contribution < -0.4 is 15.2 Å². The van der Waals surface area contributed by atoms with E-state index in [4.69, 9.17) is 15.2 Å². The Morgan fingerprint density at radius 3 is 2.56 bits per heavy atom. The first-order chi connectivity index (χ1) is 7.52. The number of aryl methyl sites for hydroxylation is 1. The molecule has 0 saturated carbocycles. The average molecular weight is 239 g/mol. The highest BCUT2D eigenvalue weighted by molar-refractivity contribution is 8.00. The third-order valence-corrected chi connectivity index (χ3v) is 3.93. The molecule has 16 heavy (non-hydrogen) atoms. The van der Waals surface area contributed by atoms with Crippen LogP contribution in [0.15, 0.2) is 17.0 Å². The van der Waals surface area contributed by atoms with Gasteiger partial charge in [-0.3, -0.25) is 0 Å². The maximum Gasteiger partial charge on any atom is 0.231 e. The first kappa shape index (κ1) is 11.6. The summed E-state index contributed by atoms with van der Waals surface area (Å²) in [5.41, 5.74) is 6.94. The van der Waals surface area contributed by atoms with Crippen LogP contribution in [0.4, 0.5) is 0 Å². The number of fused-ring (bicyclic) bond motifs is 1. The molecule has 0 bridgehead atoms. The van der Waals surface area contributed by atoms with Crippen molar-refractivity contribution in [3.63, 3.8) is 0 Å². The van der Waals surface area contributed by atoms with Crippen molar-refractivity contribution >= 4 is 11.8 Å². The topological polar surface area (TPSA) is 44.5 Å². The van der Waals surface area contributed by atoms with Gasteiger partial charge in [0.25, 0.3) is 0 Å². The van der Waals surface area contributed by atoms with Gasteiger partial charge in [0.2, 0.25) is 6.79 Å². The van der Waals surface area contributed by atoms with Gasteiger partial charge in [-0.05, 0) is 38.5 Å².